The molecule has 1 aliphatic carbocycles. The maximum absolute atomic E-state index is 12.8. The lowest BCUT2D eigenvalue weighted by Gasteiger charge is -2.44. The summed E-state index contributed by atoms with van der Waals surface area (Å²) in [5.74, 6) is -5.13. The van der Waals surface area contributed by atoms with Gasteiger partial charge in [-0.25, -0.2) is 9.59 Å². The second-order valence-electron chi connectivity index (χ2n) is 10.3. The van der Waals surface area contributed by atoms with Crippen LogP contribution in [0.15, 0.2) is 42.2 Å². The lowest BCUT2D eigenvalue weighted by Crippen LogP contribution is -2.61. The number of hydrogen-bond donors (Lipinski definition) is 6. The van der Waals surface area contributed by atoms with E-state index < -0.39 is 85.1 Å². The summed E-state index contributed by atoms with van der Waals surface area (Å²) in [7, 11) is 0. The Kier molecular flexibility index (Phi) is 9.01. The molecule has 0 radical (unpaired) electrons. The van der Waals surface area contributed by atoms with Crippen molar-refractivity contribution in [2.75, 3.05) is 6.61 Å². The first kappa shape index (κ1) is 30.4. The van der Waals surface area contributed by atoms with Gasteiger partial charge in [0.1, 0.15) is 41.9 Å². The fourth-order valence-electron chi connectivity index (χ4n) is 5.54. The first-order valence-corrected chi connectivity index (χ1v) is 12.8. The number of rotatable bonds is 8. The summed E-state index contributed by atoms with van der Waals surface area (Å²) >= 11 is 0. The van der Waals surface area contributed by atoms with Crippen molar-refractivity contribution in [1.29, 1.82) is 0 Å². The highest BCUT2D eigenvalue weighted by Gasteiger charge is 2.63. The number of benzene rings is 1. The molecule has 2 aliphatic heterocycles. The number of aliphatic hydroxyl groups excluding tert-OH is 4. The summed E-state index contributed by atoms with van der Waals surface area (Å²) in [6.07, 6.45) is -7.42. The predicted octanol–water partition coefficient (Wildman–Crippen LogP) is -0.584. The van der Waals surface area contributed by atoms with E-state index in [4.69, 9.17) is 23.7 Å². The zero-order chi connectivity index (χ0) is 30.1. The Morgan fingerprint density at radius 3 is 2.37 bits per heavy atom. The summed E-state index contributed by atoms with van der Waals surface area (Å²) in [6.45, 7) is 1.92. The molecule has 10 atom stereocenters. The van der Waals surface area contributed by atoms with E-state index in [2.05, 4.69) is 0 Å². The van der Waals surface area contributed by atoms with Crippen LogP contribution in [0.2, 0.25) is 0 Å². The highest BCUT2D eigenvalue weighted by molar-refractivity contribution is 5.89. The Morgan fingerprint density at radius 1 is 1.07 bits per heavy atom. The largest absolute Gasteiger partial charge is 0.508 e. The molecule has 4 rings (SSSR count). The lowest BCUT2D eigenvalue weighted by molar-refractivity contribution is -0.346. The van der Waals surface area contributed by atoms with E-state index in [-0.39, 0.29) is 17.7 Å². The van der Waals surface area contributed by atoms with Gasteiger partial charge in [-0.2, -0.15) is 0 Å². The number of phenolic OH excluding ortho intramolecular Hbond substituents is 1. The average molecular weight is 581 g/mol. The van der Waals surface area contributed by atoms with Crippen LogP contribution in [0.1, 0.15) is 25.8 Å². The van der Waals surface area contributed by atoms with E-state index in [9.17, 15) is 45.0 Å². The number of carboxylic acid groups (broad SMARTS) is 1. The van der Waals surface area contributed by atoms with Gasteiger partial charge in [0.15, 0.2) is 6.29 Å². The van der Waals surface area contributed by atoms with Crippen LogP contribution in [-0.4, -0.2) is 104 Å². The Morgan fingerprint density at radius 2 is 1.76 bits per heavy atom. The van der Waals surface area contributed by atoms with Gasteiger partial charge >= 0.3 is 17.9 Å². The van der Waals surface area contributed by atoms with E-state index in [1.165, 1.54) is 25.1 Å². The highest BCUT2D eigenvalue weighted by atomic mass is 16.8. The fraction of sp³-hybridized carbons (Fsp3) is 0.519. The number of carbonyl (C=O) groups excluding carboxylic acids is 2. The van der Waals surface area contributed by atoms with Crippen LogP contribution in [0, 0.1) is 11.8 Å². The molecular formula is C27H32O14. The summed E-state index contributed by atoms with van der Waals surface area (Å²) in [5, 5.41) is 59.5. The van der Waals surface area contributed by atoms with Gasteiger partial charge in [0, 0.05) is 25.3 Å². The quantitative estimate of drug-likeness (QED) is 0.167. The third-order valence-electron chi connectivity index (χ3n) is 7.39. The van der Waals surface area contributed by atoms with Crippen LogP contribution in [0.4, 0.5) is 0 Å². The normalized spacial score (nSPS) is 36.6. The van der Waals surface area contributed by atoms with E-state index >= 15 is 0 Å². The number of aromatic hydroxyl groups is 1. The van der Waals surface area contributed by atoms with Crippen LogP contribution in [0.3, 0.4) is 0 Å². The van der Waals surface area contributed by atoms with Crippen molar-refractivity contribution in [2.45, 2.75) is 69.0 Å². The molecule has 41 heavy (non-hydrogen) atoms. The highest BCUT2D eigenvalue weighted by Crippen LogP contribution is 2.52. The van der Waals surface area contributed by atoms with Gasteiger partial charge in [-0.3, -0.25) is 4.79 Å². The first-order valence-electron chi connectivity index (χ1n) is 12.8. The van der Waals surface area contributed by atoms with Gasteiger partial charge in [0.2, 0.25) is 6.29 Å². The van der Waals surface area contributed by atoms with Gasteiger partial charge in [-0.15, -0.1) is 0 Å². The van der Waals surface area contributed by atoms with Crippen molar-refractivity contribution in [3.8, 4) is 5.75 Å². The minimum atomic E-state index is -1.79. The van der Waals surface area contributed by atoms with Crippen LogP contribution in [0.5, 0.6) is 5.75 Å². The molecule has 224 valence electrons. The first-order chi connectivity index (χ1) is 19.3. The monoisotopic (exact) mass is 580 g/mol. The molecule has 14 heteroatoms. The molecule has 0 unspecified atom stereocenters. The number of ether oxygens (including phenoxy) is 5. The van der Waals surface area contributed by atoms with Crippen molar-refractivity contribution in [3.63, 3.8) is 0 Å². The zero-order valence-electron chi connectivity index (χ0n) is 22.1. The van der Waals surface area contributed by atoms with E-state index in [0.29, 0.717) is 5.56 Å². The molecule has 1 saturated carbocycles. The summed E-state index contributed by atoms with van der Waals surface area (Å²) < 4.78 is 28.0. The number of aliphatic carboxylic acids is 1. The van der Waals surface area contributed by atoms with Gasteiger partial charge in [0.25, 0.3) is 0 Å². The van der Waals surface area contributed by atoms with Crippen molar-refractivity contribution in [1.82, 2.24) is 0 Å². The van der Waals surface area contributed by atoms with Crippen molar-refractivity contribution < 1.29 is 68.7 Å². The second kappa shape index (κ2) is 12.1. The molecule has 2 heterocycles. The van der Waals surface area contributed by atoms with E-state index in [1.54, 1.807) is 12.1 Å². The van der Waals surface area contributed by atoms with Crippen molar-refractivity contribution in [2.24, 2.45) is 11.8 Å². The molecule has 1 aromatic rings. The van der Waals surface area contributed by atoms with Crippen molar-refractivity contribution in [3.05, 3.63) is 47.7 Å². The minimum Gasteiger partial charge on any atom is -0.508 e. The Hall–Kier alpha value is -3.53. The number of carbonyl (C=O) groups is 3. The van der Waals surface area contributed by atoms with Gasteiger partial charge in [0.05, 0.1) is 24.4 Å². The molecule has 0 aromatic heterocycles. The molecule has 0 bridgehead atoms. The second-order valence-corrected chi connectivity index (χ2v) is 10.3. The van der Waals surface area contributed by atoms with Gasteiger partial charge < -0.3 is 54.3 Å². The topological polar surface area (TPSA) is 219 Å². The van der Waals surface area contributed by atoms with Crippen molar-refractivity contribution >= 4 is 24.0 Å². The molecule has 3 aliphatic rings. The SMILES string of the molecule is CC(=O)O[C@@]1(C)C[C@@H](OC(=O)/C=C/c2ccc(O)cc2)[C@@H]2C(C(=O)O)=CO[C@@H](O[C@@H]3O[C@H](CO)[C@@H](O)[C@H](O)[C@H]3O)[C@@H]21. The predicted molar refractivity (Wildman–Crippen MR) is 134 cm³/mol. The molecule has 0 amide bonds. The van der Waals surface area contributed by atoms with Crippen LogP contribution in [-0.2, 0) is 38.1 Å². The molecule has 14 nitrogen and oxygen atoms in total. The number of hydrogen-bond acceptors (Lipinski definition) is 13. The van der Waals surface area contributed by atoms with Crippen LogP contribution >= 0.6 is 0 Å². The van der Waals surface area contributed by atoms with E-state index in [0.717, 1.165) is 19.3 Å². The molecule has 2 fully saturated rings. The maximum atomic E-state index is 12.8. The third-order valence-corrected chi connectivity index (χ3v) is 7.39. The lowest BCUT2D eigenvalue weighted by atomic mass is 9.80. The van der Waals surface area contributed by atoms with Gasteiger partial charge in [-0.05, 0) is 30.7 Å². The molecule has 1 saturated heterocycles. The number of carboxylic acids is 1. The average Bonchev–Trinajstić information content (AvgIpc) is 3.19. The van der Waals surface area contributed by atoms with E-state index in [1.807, 2.05) is 0 Å². The van der Waals surface area contributed by atoms with Gasteiger partial charge in [-0.1, -0.05) is 12.1 Å². The standard InChI is InChI=1S/C27H32O14/c1-12(29)41-27(2)9-16(38-18(31)8-5-13-3-6-14(30)7-4-13)19-15(24(35)36)11-37-25(20(19)27)40-26-23(34)22(33)21(32)17(10-28)39-26/h3-8,11,16-17,19-23,25-26,28,30,32-34H,9-10H2,1-2H3,(H,35,36)/b8-5+/t16-,17-,19+,20-,21-,22+,23-,25+,26+,27+/m1/s1. The third kappa shape index (κ3) is 6.37. The Bertz CT molecular complexity index is 1190. The maximum Gasteiger partial charge on any atom is 0.335 e. The molecular weight excluding hydrogens is 548 g/mol. The number of phenols is 1. The smallest absolute Gasteiger partial charge is 0.335 e. The molecule has 6 N–H and O–H groups in total. The van der Waals surface area contributed by atoms with Crippen LogP contribution in [0.25, 0.3) is 6.08 Å². The number of fused-ring (bicyclic) bond motifs is 1. The van der Waals surface area contributed by atoms with Crippen LogP contribution < -0.4 is 0 Å². The summed E-state index contributed by atoms with van der Waals surface area (Å²) in [5.41, 5.74) is -1.21. The fourth-order valence-corrected chi connectivity index (χ4v) is 5.54. The Balaban J connectivity index is 1.63. The summed E-state index contributed by atoms with van der Waals surface area (Å²) in [6, 6.07) is 5.98. The Labute approximate surface area is 234 Å². The number of esters is 2. The minimum absolute atomic E-state index is 0.0412. The summed E-state index contributed by atoms with van der Waals surface area (Å²) in [4.78, 5) is 37.1. The molecule has 0 spiro atoms. The zero-order valence-corrected chi connectivity index (χ0v) is 22.1. The molecule has 1 aromatic carbocycles. The number of aliphatic hydroxyl groups is 4.